The van der Waals surface area contributed by atoms with Crippen LogP contribution < -0.4 is 15.8 Å². The average Bonchev–Trinajstić information content (AvgIpc) is 2.44. The Labute approximate surface area is 130 Å². The fourth-order valence-corrected chi connectivity index (χ4v) is 2.12. The number of carbonyl (C=O) groups excluding carboxylic acids is 1. The van der Waals surface area contributed by atoms with Crippen molar-refractivity contribution in [3.05, 3.63) is 51.5 Å². The number of methoxy groups -OCH3 is 1. The second-order valence-corrected chi connectivity index (χ2v) is 5.30. The van der Waals surface area contributed by atoms with Crippen molar-refractivity contribution in [3.63, 3.8) is 0 Å². The van der Waals surface area contributed by atoms with Crippen molar-refractivity contribution in [1.29, 1.82) is 0 Å². The molecule has 0 heterocycles. The lowest BCUT2D eigenvalue weighted by Crippen LogP contribution is -2.12. The van der Waals surface area contributed by atoms with Crippen molar-refractivity contribution in [2.24, 2.45) is 0 Å². The maximum atomic E-state index is 12.2. The number of carbonyl (C=O) groups is 1. The second kappa shape index (κ2) is 6.15. The van der Waals surface area contributed by atoms with E-state index in [0.29, 0.717) is 27.7 Å². The highest BCUT2D eigenvalue weighted by Crippen LogP contribution is 2.28. The number of halogens is 2. The minimum Gasteiger partial charge on any atom is -0.497 e. The van der Waals surface area contributed by atoms with E-state index in [1.54, 1.807) is 37.4 Å². The van der Waals surface area contributed by atoms with Gasteiger partial charge in [0.05, 0.1) is 23.5 Å². The number of hydrogen-bond donors (Lipinski definition) is 2. The van der Waals surface area contributed by atoms with Crippen LogP contribution in [0, 0.1) is 0 Å². The molecule has 3 N–H and O–H groups in total. The second-order valence-electron chi connectivity index (χ2n) is 4.04. The molecule has 20 heavy (non-hydrogen) atoms. The highest BCUT2D eigenvalue weighted by molar-refractivity contribution is 9.10. The molecule has 0 spiro atoms. The number of rotatable bonds is 3. The fraction of sp³-hybridized carbons (Fsp3) is 0.0714. The van der Waals surface area contributed by atoms with Gasteiger partial charge in [-0.1, -0.05) is 11.6 Å². The zero-order valence-corrected chi connectivity index (χ0v) is 13.0. The summed E-state index contributed by atoms with van der Waals surface area (Å²) in [6, 6.07) is 10.0. The SMILES string of the molecule is COc1ccc(Br)c(NC(=O)c2ccc(N)c(Cl)c2)c1. The molecule has 0 saturated heterocycles. The minimum absolute atomic E-state index is 0.277. The highest BCUT2D eigenvalue weighted by atomic mass is 79.9. The Bertz CT molecular complexity index is 662. The van der Waals surface area contributed by atoms with Gasteiger partial charge in [-0.15, -0.1) is 0 Å². The molecule has 2 aromatic carbocycles. The number of nitrogens with one attached hydrogen (secondary N) is 1. The van der Waals surface area contributed by atoms with Gasteiger partial charge in [0.1, 0.15) is 5.75 Å². The van der Waals surface area contributed by atoms with E-state index in [4.69, 9.17) is 22.1 Å². The van der Waals surface area contributed by atoms with Crippen LogP contribution >= 0.6 is 27.5 Å². The standard InChI is InChI=1S/C14H12BrClN2O2/c1-20-9-3-4-10(15)13(7-9)18-14(19)8-2-5-12(17)11(16)6-8/h2-7H,17H2,1H3,(H,18,19). The largest absolute Gasteiger partial charge is 0.497 e. The molecule has 0 bridgehead atoms. The van der Waals surface area contributed by atoms with Crippen molar-refractivity contribution in [2.45, 2.75) is 0 Å². The summed E-state index contributed by atoms with van der Waals surface area (Å²) < 4.78 is 5.88. The molecule has 0 fully saturated rings. The van der Waals surface area contributed by atoms with Gasteiger partial charge in [-0.25, -0.2) is 0 Å². The molecule has 1 amide bonds. The Hall–Kier alpha value is -1.72. The summed E-state index contributed by atoms with van der Waals surface area (Å²) in [5.74, 6) is 0.375. The summed E-state index contributed by atoms with van der Waals surface area (Å²) in [6.07, 6.45) is 0. The quantitative estimate of drug-likeness (QED) is 0.820. The van der Waals surface area contributed by atoms with Crippen LogP contribution in [0.15, 0.2) is 40.9 Å². The topological polar surface area (TPSA) is 64.3 Å². The molecule has 4 nitrogen and oxygen atoms in total. The first-order valence-corrected chi connectivity index (χ1v) is 6.88. The van der Waals surface area contributed by atoms with Crippen LogP contribution in [-0.2, 0) is 0 Å². The van der Waals surface area contributed by atoms with Crippen LogP contribution in [0.4, 0.5) is 11.4 Å². The zero-order valence-electron chi connectivity index (χ0n) is 10.6. The van der Waals surface area contributed by atoms with E-state index < -0.39 is 0 Å². The number of ether oxygens (including phenoxy) is 1. The molecule has 0 aliphatic carbocycles. The third kappa shape index (κ3) is 3.23. The molecule has 2 aromatic rings. The maximum Gasteiger partial charge on any atom is 0.255 e. The summed E-state index contributed by atoms with van der Waals surface area (Å²) in [5.41, 5.74) is 7.09. The molecule has 0 atom stereocenters. The van der Waals surface area contributed by atoms with Gasteiger partial charge >= 0.3 is 0 Å². The van der Waals surface area contributed by atoms with Crippen LogP contribution in [0.3, 0.4) is 0 Å². The molecular weight excluding hydrogens is 344 g/mol. The zero-order chi connectivity index (χ0) is 14.7. The van der Waals surface area contributed by atoms with E-state index in [1.807, 2.05) is 0 Å². The molecule has 104 valence electrons. The molecule has 0 unspecified atom stereocenters. The van der Waals surface area contributed by atoms with Gasteiger partial charge in [0, 0.05) is 16.1 Å². The smallest absolute Gasteiger partial charge is 0.255 e. The van der Waals surface area contributed by atoms with E-state index in [1.165, 1.54) is 6.07 Å². The number of anilines is 2. The van der Waals surface area contributed by atoms with Crippen LogP contribution in [0.2, 0.25) is 5.02 Å². The Morgan fingerprint density at radius 3 is 2.70 bits per heavy atom. The first-order valence-electron chi connectivity index (χ1n) is 5.71. The van der Waals surface area contributed by atoms with Gasteiger partial charge in [0.25, 0.3) is 5.91 Å². The van der Waals surface area contributed by atoms with Gasteiger partial charge in [0.2, 0.25) is 0 Å². The van der Waals surface area contributed by atoms with Crippen molar-refractivity contribution in [3.8, 4) is 5.75 Å². The third-order valence-electron chi connectivity index (χ3n) is 2.68. The summed E-state index contributed by atoms with van der Waals surface area (Å²) in [6.45, 7) is 0. The third-order valence-corrected chi connectivity index (χ3v) is 3.70. The van der Waals surface area contributed by atoms with E-state index in [9.17, 15) is 4.79 Å². The van der Waals surface area contributed by atoms with Crippen molar-refractivity contribution in [2.75, 3.05) is 18.2 Å². The van der Waals surface area contributed by atoms with Crippen LogP contribution in [0.25, 0.3) is 0 Å². The Balaban J connectivity index is 2.25. The summed E-state index contributed by atoms with van der Waals surface area (Å²) in [5, 5.41) is 3.13. The molecule has 0 aliphatic rings. The summed E-state index contributed by atoms with van der Waals surface area (Å²) >= 11 is 9.28. The predicted molar refractivity (Wildman–Crippen MR) is 84.5 cm³/mol. The minimum atomic E-state index is -0.277. The normalized spacial score (nSPS) is 10.2. The molecular formula is C14H12BrClN2O2. The highest BCUT2D eigenvalue weighted by Gasteiger charge is 2.10. The number of nitrogen functional groups attached to an aromatic ring is 1. The van der Waals surface area contributed by atoms with Crippen molar-refractivity contribution in [1.82, 2.24) is 0 Å². The molecule has 0 saturated carbocycles. The lowest BCUT2D eigenvalue weighted by Gasteiger charge is -2.10. The van der Waals surface area contributed by atoms with Gasteiger partial charge in [-0.05, 0) is 46.3 Å². The predicted octanol–water partition coefficient (Wildman–Crippen LogP) is 3.95. The van der Waals surface area contributed by atoms with E-state index in [-0.39, 0.29) is 5.91 Å². The Morgan fingerprint density at radius 2 is 2.05 bits per heavy atom. The molecule has 0 aliphatic heterocycles. The Morgan fingerprint density at radius 1 is 1.30 bits per heavy atom. The van der Waals surface area contributed by atoms with Gasteiger partial charge in [0.15, 0.2) is 0 Å². The van der Waals surface area contributed by atoms with Crippen LogP contribution in [-0.4, -0.2) is 13.0 Å². The van der Waals surface area contributed by atoms with Gasteiger partial charge in [-0.3, -0.25) is 4.79 Å². The fourth-order valence-electron chi connectivity index (χ4n) is 1.59. The lowest BCUT2D eigenvalue weighted by molar-refractivity contribution is 0.102. The average molecular weight is 356 g/mol. The number of amides is 1. The monoisotopic (exact) mass is 354 g/mol. The first kappa shape index (κ1) is 14.7. The van der Waals surface area contributed by atoms with Crippen LogP contribution in [0.1, 0.15) is 10.4 Å². The molecule has 2 rings (SSSR count). The molecule has 6 heteroatoms. The van der Waals surface area contributed by atoms with E-state index >= 15 is 0 Å². The lowest BCUT2D eigenvalue weighted by atomic mass is 10.2. The van der Waals surface area contributed by atoms with Crippen molar-refractivity contribution < 1.29 is 9.53 Å². The van der Waals surface area contributed by atoms with E-state index in [0.717, 1.165) is 4.47 Å². The van der Waals surface area contributed by atoms with Gasteiger partial charge in [-0.2, -0.15) is 0 Å². The van der Waals surface area contributed by atoms with Crippen molar-refractivity contribution >= 4 is 44.8 Å². The number of benzene rings is 2. The maximum absolute atomic E-state index is 12.2. The number of hydrogen-bond acceptors (Lipinski definition) is 3. The van der Waals surface area contributed by atoms with E-state index in [2.05, 4.69) is 21.2 Å². The first-order chi connectivity index (χ1) is 9.51. The molecule has 0 radical (unpaired) electrons. The van der Waals surface area contributed by atoms with Gasteiger partial charge < -0.3 is 15.8 Å². The summed E-state index contributed by atoms with van der Waals surface area (Å²) in [4.78, 5) is 12.2. The molecule has 0 aromatic heterocycles. The Kier molecular flexibility index (Phi) is 4.52. The summed E-state index contributed by atoms with van der Waals surface area (Å²) in [7, 11) is 1.56. The number of nitrogens with two attached hydrogens (primary N) is 1. The van der Waals surface area contributed by atoms with Crippen LogP contribution in [0.5, 0.6) is 5.75 Å².